The van der Waals surface area contributed by atoms with Gasteiger partial charge >= 0.3 is 0 Å². The van der Waals surface area contributed by atoms with Gasteiger partial charge < -0.3 is 18.8 Å². The van der Waals surface area contributed by atoms with E-state index in [4.69, 9.17) is 14.2 Å². The minimum absolute atomic E-state index is 0.148. The van der Waals surface area contributed by atoms with Gasteiger partial charge in [0, 0.05) is 37.6 Å². The number of amides is 1. The van der Waals surface area contributed by atoms with E-state index >= 15 is 0 Å². The Morgan fingerprint density at radius 2 is 1.70 bits per heavy atom. The lowest BCUT2D eigenvalue weighted by atomic mass is 10.2. The van der Waals surface area contributed by atoms with E-state index < -0.39 is 15.7 Å². The molecule has 3 rings (SSSR count). The maximum atomic E-state index is 12.7. The average Bonchev–Trinajstić information content (AvgIpc) is 3.06. The molecule has 8 nitrogen and oxygen atoms in total. The summed E-state index contributed by atoms with van der Waals surface area (Å²) in [4.78, 5) is 17.6. The molecule has 0 spiro atoms. The molecule has 3 aromatic rings. The van der Waals surface area contributed by atoms with E-state index in [1.807, 2.05) is 16.7 Å². The maximum Gasteiger partial charge on any atom is 0.279 e. The smallest absolute Gasteiger partial charge is 0.279 e. The molecular formula is C20H22N2O6S2. The summed E-state index contributed by atoms with van der Waals surface area (Å²) in [6.45, 7) is 0.926. The van der Waals surface area contributed by atoms with Crippen LogP contribution in [0.1, 0.15) is 10.4 Å². The Bertz CT molecular complexity index is 1240. The Morgan fingerprint density at radius 3 is 2.27 bits per heavy atom. The van der Waals surface area contributed by atoms with Crippen molar-refractivity contribution in [3.63, 3.8) is 0 Å². The zero-order valence-corrected chi connectivity index (χ0v) is 18.7. The van der Waals surface area contributed by atoms with E-state index in [0.717, 1.165) is 16.5 Å². The van der Waals surface area contributed by atoms with Gasteiger partial charge in [0.05, 0.1) is 35.9 Å². The molecule has 30 heavy (non-hydrogen) atoms. The Labute approximate surface area is 178 Å². The number of rotatable bonds is 7. The summed E-state index contributed by atoms with van der Waals surface area (Å²) in [5.41, 5.74) is 1.14. The molecule has 1 amide bonds. The second-order valence-corrected chi connectivity index (χ2v) is 9.44. The molecule has 0 aliphatic rings. The van der Waals surface area contributed by atoms with Crippen LogP contribution in [0.15, 0.2) is 46.3 Å². The third kappa shape index (κ3) is 4.55. The van der Waals surface area contributed by atoms with Crippen molar-refractivity contribution in [3.8, 4) is 11.5 Å². The van der Waals surface area contributed by atoms with Gasteiger partial charge in [0.2, 0.25) is 0 Å². The molecule has 1 heterocycles. The van der Waals surface area contributed by atoms with Gasteiger partial charge in [-0.3, -0.25) is 4.79 Å². The Kier molecular flexibility index (Phi) is 6.59. The number of benzene rings is 2. The number of ether oxygens (including phenoxy) is 3. The minimum Gasteiger partial charge on any atom is -0.493 e. The van der Waals surface area contributed by atoms with Gasteiger partial charge in [0.25, 0.3) is 5.91 Å². The summed E-state index contributed by atoms with van der Waals surface area (Å²) < 4.78 is 41.9. The maximum absolute atomic E-state index is 12.7. The standard InChI is InChI=1S/C20H22N2O6S2/c1-26-10-9-22-15-11-16(27-2)17(28-3)12-18(15)29-20(22)21-19(23)13-5-7-14(8-6-13)30(4,24)25/h5-8,11-12H,9-10H2,1-4H3. The molecular weight excluding hydrogens is 428 g/mol. The SMILES string of the molecule is COCCn1c(=NC(=O)c2ccc(S(C)(=O)=O)cc2)sc2cc(OC)c(OC)cc21. The molecule has 160 valence electrons. The Balaban J connectivity index is 2.10. The summed E-state index contributed by atoms with van der Waals surface area (Å²) in [6.07, 6.45) is 1.12. The quantitative estimate of drug-likeness (QED) is 0.549. The molecule has 0 radical (unpaired) electrons. The van der Waals surface area contributed by atoms with Gasteiger partial charge in [-0.15, -0.1) is 0 Å². The number of hydrogen-bond donors (Lipinski definition) is 0. The molecule has 0 fully saturated rings. The van der Waals surface area contributed by atoms with E-state index in [1.54, 1.807) is 21.3 Å². The number of aromatic nitrogens is 1. The fourth-order valence-electron chi connectivity index (χ4n) is 2.88. The number of thiazole rings is 1. The van der Waals surface area contributed by atoms with Crippen LogP contribution in [-0.2, 0) is 21.1 Å². The fraction of sp³-hybridized carbons (Fsp3) is 0.300. The van der Waals surface area contributed by atoms with E-state index in [2.05, 4.69) is 4.99 Å². The monoisotopic (exact) mass is 450 g/mol. The van der Waals surface area contributed by atoms with Gasteiger partial charge in [-0.2, -0.15) is 4.99 Å². The number of carbonyl (C=O) groups is 1. The van der Waals surface area contributed by atoms with Crippen molar-refractivity contribution in [2.45, 2.75) is 11.4 Å². The predicted octanol–water partition coefficient (Wildman–Crippen LogP) is 2.51. The summed E-state index contributed by atoms with van der Waals surface area (Å²) >= 11 is 1.34. The third-order valence-electron chi connectivity index (χ3n) is 4.43. The summed E-state index contributed by atoms with van der Waals surface area (Å²) in [5.74, 6) is 0.689. The zero-order valence-electron chi connectivity index (χ0n) is 17.0. The molecule has 0 unspecified atom stereocenters. The second kappa shape index (κ2) is 8.99. The van der Waals surface area contributed by atoms with Crippen LogP contribution in [0.3, 0.4) is 0 Å². The number of fused-ring (bicyclic) bond motifs is 1. The number of nitrogens with zero attached hydrogens (tertiary/aromatic N) is 2. The van der Waals surface area contributed by atoms with E-state index in [0.29, 0.717) is 35.0 Å². The highest BCUT2D eigenvalue weighted by atomic mass is 32.2. The summed E-state index contributed by atoms with van der Waals surface area (Å²) in [7, 11) is 1.39. The topological polar surface area (TPSA) is 96.2 Å². The van der Waals surface area contributed by atoms with Crippen LogP contribution in [0.25, 0.3) is 10.2 Å². The predicted molar refractivity (Wildman–Crippen MR) is 114 cm³/mol. The van der Waals surface area contributed by atoms with Crippen LogP contribution in [0.5, 0.6) is 11.5 Å². The molecule has 0 saturated heterocycles. The van der Waals surface area contributed by atoms with Gasteiger partial charge in [-0.1, -0.05) is 11.3 Å². The summed E-state index contributed by atoms with van der Waals surface area (Å²) in [6, 6.07) is 9.40. The first-order chi connectivity index (χ1) is 14.3. The molecule has 0 bridgehead atoms. The van der Waals surface area contributed by atoms with Crippen LogP contribution in [0.2, 0.25) is 0 Å². The first kappa shape index (κ1) is 22.0. The lowest BCUT2D eigenvalue weighted by molar-refractivity contribution is 0.0997. The number of methoxy groups -OCH3 is 3. The Morgan fingerprint density at radius 1 is 1.07 bits per heavy atom. The largest absolute Gasteiger partial charge is 0.493 e. The van der Waals surface area contributed by atoms with E-state index in [1.165, 1.54) is 35.6 Å². The van der Waals surface area contributed by atoms with Gasteiger partial charge in [-0.25, -0.2) is 8.42 Å². The van der Waals surface area contributed by atoms with Crippen molar-refractivity contribution in [1.29, 1.82) is 0 Å². The van der Waals surface area contributed by atoms with Crippen LogP contribution in [-0.4, -0.2) is 53.1 Å². The third-order valence-corrected chi connectivity index (χ3v) is 6.60. The molecule has 0 N–H and O–H groups in total. The van der Waals surface area contributed by atoms with Gasteiger partial charge in [-0.05, 0) is 24.3 Å². The van der Waals surface area contributed by atoms with Gasteiger partial charge in [0.1, 0.15) is 0 Å². The normalized spacial score (nSPS) is 12.3. The molecule has 2 aromatic carbocycles. The van der Waals surface area contributed by atoms with Crippen molar-refractivity contribution in [1.82, 2.24) is 4.57 Å². The van der Waals surface area contributed by atoms with Crippen molar-refractivity contribution < 1.29 is 27.4 Å². The van der Waals surface area contributed by atoms with Crippen molar-refractivity contribution in [2.24, 2.45) is 4.99 Å². The first-order valence-corrected chi connectivity index (χ1v) is 11.6. The fourth-order valence-corrected chi connectivity index (χ4v) is 4.57. The second-order valence-electron chi connectivity index (χ2n) is 6.42. The molecule has 1 aromatic heterocycles. The van der Waals surface area contributed by atoms with E-state index in [9.17, 15) is 13.2 Å². The van der Waals surface area contributed by atoms with Crippen LogP contribution >= 0.6 is 11.3 Å². The van der Waals surface area contributed by atoms with Crippen LogP contribution < -0.4 is 14.3 Å². The lowest BCUT2D eigenvalue weighted by Crippen LogP contribution is -2.19. The average molecular weight is 451 g/mol. The highest BCUT2D eigenvalue weighted by molar-refractivity contribution is 7.90. The zero-order chi connectivity index (χ0) is 21.9. The van der Waals surface area contributed by atoms with Crippen molar-refractivity contribution >= 4 is 37.3 Å². The molecule has 10 heteroatoms. The highest BCUT2D eigenvalue weighted by Crippen LogP contribution is 2.33. The molecule has 0 aliphatic heterocycles. The molecule has 0 saturated carbocycles. The van der Waals surface area contributed by atoms with Crippen LogP contribution in [0, 0.1) is 0 Å². The number of hydrogen-bond acceptors (Lipinski definition) is 7. The van der Waals surface area contributed by atoms with Crippen LogP contribution in [0.4, 0.5) is 0 Å². The lowest BCUT2D eigenvalue weighted by Gasteiger charge is -2.09. The minimum atomic E-state index is -3.33. The van der Waals surface area contributed by atoms with Crippen molar-refractivity contribution in [2.75, 3.05) is 34.2 Å². The number of sulfone groups is 1. The first-order valence-electron chi connectivity index (χ1n) is 8.92. The molecule has 0 aliphatic carbocycles. The highest BCUT2D eigenvalue weighted by Gasteiger charge is 2.14. The van der Waals surface area contributed by atoms with E-state index in [-0.39, 0.29) is 4.90 Å². The summed E-state index contributed by atoms with van der Waals surface area (Å²) in [5, 5.41) is 0. The molecule has 0 atom stereocenters. The van der Waals surface area contributed by atoms with Crippen molar-refractivity contribution in [3.05, 3.63) is 46.8 Å². The number of carbonyl (C=O) groups excluding carboxylic acids is 1. The Hall–Kier alpha value is -2.69. The van der Waals surface area contributed by atoms with Gasteiger partial charge in [0.15, 0.2) is 26.1 Å².